The van der Waals surface area contributed by atoms with E-state index in [1.807, 2.05) is 6.92 Å². The summed E-state index contributed by atoms with van der Waals surface area (Å²) in [5, 5.41) is 13.7. The van der Waals surface area contributed by atoms with Gasteiger partial charge in [0, 0.05) is 12.6 Å². The molecule has 0 spiro atoms. The molecule has 2 nitrogen and oxygen atoms in total. The molecule has 2 N–H and O–H groups in total. The second-order valence-electron chi connectivity index (χ2n) is 6.23. The highest BCUT2D eigenvalue weighted by Gasteiger charge is 2.20. The van der Waals surface area contributed by atoms with E-state index in [1.54, 1.807) is 0 Å². The number of aliphatic hydroxyl groups is 1. The minimum Gasteiger partial charge on any atom is -0.389 e. The highest BCUT2D eigenvalue weighted by atomic mass is 16.3. The fourth-order valence-corrected chi connectivity index (χ4v) is 2.98. The summed E-state index contributed by atoms with van der Waals surface area (Å²) in [5.41, 5.74) is 3.79. The van der Waals surface area contributed by atoms with Crippen molar-refractivity contribution in [2.75, 3.05) is 6.54 Å². The quantitative estimate of drug-likeness (QED) is 0.823. The normalized spacial score (nSPS) is 18.9. The van der Waals surface area contributed by atoms with Gasteiger partial charge in [0.05, 0.1) is 5.60 Å². The first-order valence-electron chi connectivity index (χ1n) is 7.59. The Labute approximate surface area is 117 Å². The Morgan fingerprint density at radius 2 is 2.05 bits per heavy atom. The molecule has 1 aliphatic rings. The molecular weight excluding hydrogens is 234 g/mol. The van der Waals surface area contributed by atoms with Crippen LogP contribution in [0, 0.1) is 0 Å². The summed E-state index contributed by atoms with van der Waals surface area (Å²) in [6.45, 7) is 6.86. The second-order valence-corrected chi connectivity index (χ2v) is 6.23. The lowest BCUT2D eigenvalue weighted by atomic mass is 9.98. The third-order valence-electron chi connectivity index (χ3n) is 4.20. The van der Waals surface area contributed by atoms with Crippen molar-refractivity contribution >= 4 is 0 Å². The highest BCUT2D eigenvalue weighted by Crippen LogP contribution is 2.25. The van der Waals surface area contributed by atoms with Crippen LogP contribution in [0.2, 0.25) is 0 Å². The standard InChI is InChI=1S/C17H27NO/c1-4-10-17(3,19)12-18-13(2)15-9-8-14-6-5-7-16(14)11-15/h8-9,11,13,18-19H,4-7,10,12H2,1-3H3. The van der Waals surface area contributed by atoms with E-state index in [4.69, 9.17) is 0 Å². The van der Waals surface area contributed by atoms with Gasteiger partial charge in [0.1, 0.15) is 0 Å². The van der Waals surface area contributed by atoms with E-state index in [1.165, 1.54) is 36.0 Å². The van der Waals surface area contributed by atoms with Crippen molar-refractivity contribution in [3.05, 3.63) is 34.9 Å². The first kappa shape index (κ1) is 14.5. The second kappa shape index (κ2) is 6.06. The van der Waals surface area contributed by atoms with Gasteiger partial charge in [-0.05, 0) is 56.2 Å². The van der Waals surface area contributed by atoms with E-state index in [0.717, 1.165) is 12.8 Å². The van der Waals surface area contributed by atoms with Crippen LogP contribution in [0.4, 0.5) is 0 Å². The van der Waals surface area contributed by atoms with E-state index < -0.39 is 5.60 Å². The zero-order chi connectivity index (χ0) is 13.9. The summed E-state index contributed by atoms with van der Waals surface area (Å²) in [6, 6.07) is 7.15. The van der Waals surface area contributed by atoms with Crippen LogP contribution in [-0.4, -0.2) is 17.3 Å². The van der Waals surface area contributed by atoms with Crippen LogP contribution in [0.1, 0.15) is 62.8 Å². The van der Waals surface area contributed by atoms with E-state index in [2.05, 4.69) is 37.4 Å². The zero-order valence-corrected chi connectivity index (χ0v) is 12.5. The molecule has 19 heavy (non-hydrogen) atoms. The molecule has 0 aromatic heterocycles. The molecule has 0 saturated carbocycles. The molecular formula is C17H27NO. The summed E-state index contributed by atoms with van der Waals surface area (Å²) in [5.74, 6) is 0. The Bertz CT molecular complexity index is 425. The molecule has 0 aliphatic heterocycles. The van der Waals surface area contributed by atoms with Crippen molar-refractivity contribution in [3.8, 4) is 0 Å². The van der Waals surface area contributed by atoms with Crippen LogP contribution in [0.15, 0.2) is 18.2 Å². The van der Waals surface area contributed by atoms with Gasteiger partial charge >= 0.3 is 0 Å². The van der Waals surface area contributed by atoms with Crippen molar-refractivity contribution in [1.82, 2.24) is 5.32 Å². The molecule has 106 valence electrons. The van der Waals surface area contributed by atoms with Crippen LogP contribution >= 0.6 is 0 Å². The Balaban J connectivity index is 1.95. The van der Waals surface area contributed by atoms with Crippen molar-refractivity contribution in [2.45, 2.75) is 64.5 Å². The van der Waals surface area contributed by atoms with Crippen LogP contribution in [-0.2, 0) is 12.8 Å². The smallest absolute Gasteiger partial charge is 0.0743 e. The molecule has 0 radical (unpaired) electrons. The predicted octanol–water partition coefficient (Wildman–Crippen LogP) is 3.38. The molecule has 1 aromatic rings. The third kappa shape index (κ3) is 3.80. The maximum absolute atomic E-state index is 10.2. The molecule has 0 heterocycles. The predicted molar refractivity (Wildman–Crippen MR) is 80.4 cm³/mol. The van der Waals surface area contributed by atoms with E-state index in [-0.39, 0.29) is 0 Å². The third-order valence-corrected chi connectivity index (χ3v) is 4.20. The monoisotopic (exact) mass is 261 g/mol. The van der Waals surface area contributed by atoms with E-state index in [9.17, 15) is 5.11 Å². The average molecular weight is 261 g/mol. The molecule has 0 saturated heterocycles. The van der Waals surface area contributed by atoms with Gasteiger partial charge in [0.15, 0.2) is 0 Å². The molecule has 0 amide bonds. The van der Waals surface area contributed by atoms with Gasteiger partial charge in [-0.25, -0.2) is 0 Å². The minimum atomic E-state index is -0.597. The fraction of sp³-hybridized carbons (Fsp3) is 0.647. The summed E-state index contributed by atoms with van der Waals surface area (Å²) in [6.07, 6.45) is 5.62. The number of aryl methyl sites for hydroxylation is 2. The maximum Gasteiger partial charge on any atom is 0.0743 e. The lowest BCUT2D eigenvalue weighted by Crippen LogP contribution is -2.38. The lowest BCUT2D eigenvalue weighted by molar-refractivity contribution is 0.0477. The highest BCUT2D eigenvalue weighted by molar-refractivity contribution is 5.36. The molecule has 0 fully saturated rings. The molecule has 2 rings (SSSR count). The number of nitrogens with one attached hydrogen (secondary N) is 1. The molecule has 0 bridgehead atoms. The molecule has 1 aliphatic carbocycles. The summed E-state index contributed by atoms with van der Waals surface area (Å²) < 4.78 is 0. The number of benzene rings is 1. The lowest BCUT2D eigenvalue weighted by Gasteiger charge is -2.26. The van der Waals surface area contributed by atoms with Gasteiger partial charge in [-0.3, -0.25) is 0 Å². The molecule has 1 aromatic carbocycles. The average Bonchev–Trinajstić information content (AvgIpc) is 2.83. The van der Waals surface area contributed by atoms with Crippen LogP contribution in [0.25, 0.3) is 0 Å². The first-order chi connectivity index (χ1) is 9.02. The number of hydrogen-bond donors (Lipinski definition) is 2. The summed E-state index contributed by atoms with van der Waals surface area (Å²) in [4.78, 5) is 0. The summed E-state index contributed by atoms with van der Waals surface area (Å²) >= 11 is 0. The largest absolute Gasteiger partial charge is 0.389 e. The zero-order valence-electron chi connectivity index (χ0n) is 12.5. The minimum absolute atomic E-state index is 0.300. The SMILES string of the molecule is CCCC(C)(O)CNC(C)c1ccc2c(c1)CCC2. The van der Waals surface area contributed by atoms with Crippen molar-refractivity contribution in [1.29, 1.82) is 0 Å². The number of rotatable bonds is 6. The topological polar surface area (TPSA) is 32.3 Å². The van der Waals surface area contributed by atoms with Crippen molar-refractivity contribution in [2.24, 2.45) is 0 Å². The van der Waals surface area contributed by atoms with E-state index in [0.29, 0.717) is 12.6 Å². The Hall–Kier alpha value is -0.860. The molecule has 2 atom stereocenters. The fourth-order valence-electron chi connectivity index (χ4n) is 2.98. The molecule has 2 heteroatoms. The maximum atomic E-state index is 10.2. The Kier molecular flexibility index (Phi) is 4.64. The number of fused-ring (bicyclic) bond motifs is 1. The van der Waals surface area contributed by atoms with Crippen molar-refractivity contribution < 1.29 is 5.11 Å². The van der Waals surface area contributed by atoms with Gasteiger partial charge in [-0.2, -0.15) is 0 Å². The first-order valence-corrected chi connectivity index (χ1v) is 7.59. The number of hydrogen-bond acceptors (Lipinski definition) is 2. The Morgan fingerprint density at radius 3 is 2.79 bits per heavy atom. The van der Waals surface area contributed by atoms with Crippen LogP contribution in [0.3, 0.4) is 0 Å². The van der Waals surface area contributed by atoms with Gasteiger partial charge in [0.2, 0.25) is 0 Å². The van der Waals surface area contributed by atoms with Crippen LogP contribution in [0.5, 0.6) is 0 Å². The molecule has 2 unspecified atom stereocenters. The van der Waals surface area contributed by atoms with E-state index >= 15 is 0 Å². The van der Waals surface area contributed by atoms with Gasteiger partial charge in [-0.1, -0.05) is 31.5 Å². The van der Waals surface area contributed by atoms with Crippen LogP contribution < -0.4 is 5.32 Å². The van der Waals surface area contributed by atoms with Gasteiger partial charge in [-0.15, -0.1) is 0 Å². The Morgan fingerprint density at radius 1 is 1.32 bits per heavy atom. The van der Waals surface area contributed by atoms with Gasteiger partial charge < -0.3 is 10.4 Å². The van der Waals surface area contributed by atoms with Crippen molar-refractivity contribution in [3.63, 3.8) is 0 Å². The summed E-state index contributed by atoms with van der Waals surface area (Å²) in [7, 11) is 0. The van der Waals surface area contributed by atoms with Gasteiger partial charge in [0.25, 0.3) is 0 Å².